The molecule has 0 aliphatic carbocycles. The minimum Gasteiger partial charge on any atom is -0.274 e. The molecule has 1 heterocycles. The molecule has 0 spiro atoms. The van der Waals surface area contributed by atoms with Crippen molar-refractivity contribution < 1.29 is 14.4 Å². The van der Waals surface area contributed by atoms with Gasteiger partial charge in [-0.2, -0.15) is 0 Å². The largest absolute Gasteiger partial charge is 0.300 e. The number of carbonyl (C=O) groups excluding carboxylic acids is 3. The summed E-state index contributed by atoms with van der Waals surface area (Å²) in [5.74, 6) is -1.15. The first kappa shape index (κ1) is 12.9. The number of nitrogens with zero attached hydrogens (tertiary/aromatic N) is 1. The van der Waals surface area contributed by atoms with Gasteiger partial charge in [-0.1, -0.05) is 23.7 Å². The van der Waals surface area contributed by atoms with Gasteiger partial charge in [0.15, 0.2) is 0 Å². The molecular formula is C12H8ClNO3S. The molecule has 0 saturated carbocycles. The summed E-state index contributed by atoms with van der Waals surface area (Å²) in [6.07, 6.45) is 1.56. The zero-order chi connectivity index (χ0) is 13.3. The lowest BCUT2D eigenvalue weighted by molar-refractivity contribution is -0.135. The summed E-state index contributed by atoms with van der Waals surface area (Å²) < 4.78 is 0. The van der Waals surface area contributed by atoms with Gasteiger partial charge >= 0.3 is 0 Å². The molecule has 18 heavy (non-hydrogen) atoms. The molecule has 0 aromatic heterocycles. The summed E-state index contributed by atoms with van der Waals surface area (Å²) in [7, 11) is 0. The van der Waals surface area contributed by atoms with Gasteiger partial charge in [0, 0.05) is 11.9 Å². The number of halogens is 1. The summed E-state index contributed by atoms with van der Waals surface area (Å²) in [5, 5.41) is 0.0247. The molecule has 1 aliphatic rings. The second kappa shape index (κ2) is 4.96. The summed E-state index contributed by atoms with van der Waals surface area (Å²) >= 11 is 6.50. The molecule has 1 aliphatic heterocycles. The maximum absolute atomic E-state index is 11.8. The summed E-state index contributed by atoms with van der Waals surface area (Å²) in [5.41, 5.74) is 0.744. The molecule has 2 rings (SSSR count). The van der Waals surface area contributed by atoms with Gasteiger partial charge in [0.05, 0.1) is 4.91 Å². The third-order valence-corrected chi connectivity index (χ3v) is 3.40. The number of hydrogen-bond acceptors (Lipinski definition) is 4. The van der Waals surface area contributed by atoms with Crippen molar-refractivity contribution in [3.8, 4) is 0 Å². The maximum Gasteiger partial charge on any atom is 0.300 e. The fraction of sp³-hybridized carbons (Fsp3) is 0.0833. The van der Waals surface area contributed by atoms with E-state index >= 15 is 0 Å². The molecule has 0 radical (unpaired) electrons. The van der Waals surface area contributed by atoms with E-state index in [4.69, 9.17) is 11.6 Å². The molecule has 6 heteroatoms. The number of imide groups is 3. The Kier molecular flexibility index (Phi) is 3.54. The number of thioether (sulfide) groups is 1. The SMILES string of the molecule is CC(=O)N1C(=O)S/C(=C\c2ccc(Cl)cc2)C1=O. The van der Waals surface area contributed by atoms with Crippen molar-refractivity contribution in [3.63, 3.8) is 0 Å². The van der Waals surface area contributed by atoms with E-state index in [1.165, 1.54) is 6.92 Å². The average Bonchev–Trinajstić information content (AvgIpc) is 2.57. The van der Waals surface area contributed by atoms with Gasteiger partial charge in [0.2, 0.25) is 5.91 Å². The quantitative estimate of drug-likeness (QED) is 0.743. The van der Waals surface area contributed by atoms with E-state index in [1.807, 2.05) is 0 Å². The van der Waals surface area contributed by atoms with Crippen LogP contribution in [0.25, 0.3) is 6.08 Å². The number of rotatable bonds is 1. The van der Waals surface area contributed by atoms with E-state index in [-0.39, 0.29) is 4.91 Å². The third kappa shape index (κ3) is 2.47. The fourth-order valence-corrected chi connectivity index (χ4v) is 2.44. The van der Waals surface area contributed by atoms with Crippen molar-refractivity contribution in [2.24, 2.45) is 0 Å². The van der Waals surface area contributed by atoms with Gasteiger partial charge in [0.25, 0.3) is 11.1 Å². The standard InChI is InChI=1S/C12H8ClNO3S/c1-7(15)14-11(16)10(18-12(14)17)6-8-2-4-9(13)5-3-8/h2-6H,1H3/b10-6-. The Labute approximate surface area is 113 Å². The smallest absolute Gasteiger partial charge is 0.274 e. The third-order valence-electron chi connectivity index (χ3n) is 2.28. The molecule has 1 aromatic rings. The molecule has 1 aromatic carbocycles. The van der Waals surface area contributed by atoms with E-state index in [9.17, 15) is 14.4 Å². The lowest BCUT2D eigenvalue weighted by Gasteiger charge is -2.05. The first-order valence-electron chi connectivity index (χ1n) is 5.03. The van der Waals surface area contributed by atoms with Crippen LogP contribution in [-0.4, -0.2) is 22.0 Å². The minimum atomic E-state index is -0.576. The van der Waals surface area contributed by atoms with E-state index in [2.05, 4.69) is 0 Å². The summed E-state index contributed by atoms with van der Waals surface area (Å²) in [6.45, 7) is 1.18. The molecule has 0 atom stereocenters. The predicted molar refractivity (Wildman–Crippen MR) is 69.9 cm³/mol. The van der Waals surface area contributed by atoms with Crippen LogP contribution in [0.4, 0.5) is 4.79 Å². The summed E-state index contributed by atoms with van der Waals surface area (Å²) in [4.78, 5) is 35.3. The van der Waals surface area contributed by atoms with Crippen LogP contribution in [0.15, 0.2) is 29.2 Å². The van der Waals surface area contributed by atoms with Gasteiger partial charge in [-0.05, 0) is 35.5 Å². The fourth-order valence-electron chi connectivity index (χ4n) is 1.45. The van der Waals surface area contributed by atoms with E-state index < -0.39 is 17.1 Å². The van der Waals surface area contributed by atoms with Crippen molar-refractivity contribution in [1.82, 2.24) is 4.90 Å². The van der Waals surface area contributed by atoms with Crippen molar-refractivity contribution in [3.05, 3.63) is 39.8 Å². The Bertz CT molecular complexity index is 565. The van der Waals surface area contributed by atoms with Crippen LogP contribution in [0.2, 0.25) is 5.02 Å². The monoisotopic (exact) mass is 281 g/mol. The maximum atomic E-state index is 11.8. The first-order valence-corrected chi connectivity index (χ1v) is 6.22. The molecule has 0 bridgehead atoms. The van der Waals surface area contributed by atoms with Crippen LogP contribution >= 0.6 is 23.4 Å². The Hall–Kier alpha value is -1.59. The second-order valence-corrected chi connectivity index (χ2v) is 5.02. The number of amides is 3. The van der Waals surface area contributed by atoms with E-state index in [0.29, 0.717) is 9.92 Å². The normalized spacial score (nSPS) is 17.7. The minimum absolute atomic E-state index is 0.234. The first-order chi connectivity index (χ1) is 8.49. The average molecular weight is 282 g/mol. The zero-order valence-electron chi connectivity index (χ0n) is 9.34. The molecule has 92 valence electrons. The van der Waals surface area contributed by atoms with Gasteiger partial charge in [-0.3, -0.25) is 14.4 Å². The number of benzene rings is 1. The highest BCUT2D eigenvalue weighted by atomic mass is 35.5. The lowest BCUT2D eigenvalue weighted by Crippen LogP contribution is -2.32. The molecule has 1 fully saturated rings. The van der Waals surface area contributed by atoms with Crippen LogP contribution in [0.3, 0.4) is 0 Å². The number of carbonyl (C=O) groups is 3. The molecule has 1 saturated heterocycles. The Morgan fingerprint density at radius 3 is 2.39 bits per heavy atom. The van der Waals surface area contributed by atoms with Crippen LogP contribution in [-0.2, 0) is 9.59 Å². The van der Waals surface area contributed by atoms with Gasteiger partial charge in [0.1, 0.15) is 0 Å². The highest BCUT2D eigenvalue weighted by Gasteiger charge is 2.37. The summed E-state index contributed by atoms with van der Waals surface area (Å²) in [6, 6.07) is 6.82. The second-order valence-electron chi connectivity index (χ2n) is 3.59. The highest BCUT2D eigenvalue weighted by Crippen LogP contribution is 2.32. The molecule has 3 amide bonds. The Morgan fingerprint density at radius 2 is 1.89 bits per heavy atom. The number of hydrogen-bond donors (Lipinski definition) is 0. The van der Waals surface area contributed by atoms with Gasteiger partial charge in [-0.15, -0.1) is 0 Å². The Balaban J connectivity index is 2.30. The van der Waals surface area contributed by atoms with Crippen molar-refractivity contribution in [2.75, 3.05) is 0 Å². The molecule has 0 unspecified atom stereocenters. The topological polar surface area (TPSA) is 54.5 Å². The van der Waals surface area contributed by atoms with Gasteiger partial charge < -0.3 is 0 Å². The molecule has 4 nitrogen and oxygen atoms in total. The molecular weight excluding hydrogens is 274 g/mol. The van der Waals surface area contributed by atoms with Crippen LogP contribution in [0.1, 0.15) is 12.5 Å². The van der Waals surface area contributed by atoms with E-state index in [0.717, 1.165) is 17.3 Å². The van der Waals surface area contributed by atoms with Crippen LogP contribution < -0.4 is 0 Å². The van der Waals surface area contributed by atoms with Crippen LogP contribution in [0.5, 0.6) is 0 Å². The van der Waals surface area contributed by atoms with E-state index in [1.54, 1.807) is 30.3 Å². The zero-order valence-corrected chi connectivity index (χ0v) is 10.9. The predicted octanol–water partition coefficient (Wildman–Crippen LogP) is 2.92. The van der Waals surface area contributed by atoms with Crippen molar-refractivity contribution >= 4 is 46.5 Å². The van der Waals surface area contributed by atoms with Gasteiger partial charge in [-0.25, -0.2) is 4.90 Å². The Morgan fingerprint density at radius 1 is 1.28 bits per heavy atom. The van der Waals surface area contributed by atoms with Crippen LogP contribution in [0, 0.1) is 0 Å². The van der Waals surface area contributed by atoms with Crippen molar-refractivity contribution in [2.45, 2.75) is 6.92 Å². The highest BCUT2D eigenvalue weighted by molar-refractivity contribution is 8.18. The lowest BCUT2D eigenvalue weighted by atomic mass is 10.2. The molecule has 0 N–H and O–H groups in total. The van der Waals surface area contributed by atoms with Crippen molar-refractivity contribution in [1.29, 1.82) is 0 Å².